The predicted octanol–water partition coefficient (Wildman–Crippen LogP) is 0.244. The average molecular weight is 141 g/mol. The van der Waals surface area contributed by atoms with Crippen LogP contribution in [0.1, 0.15) is 26.7 Å². The van der Waals surface area contributed by atoms with Crippen LogP contribution < -0.4 is 5.32 Å². The molecule has 0 saturated heterocycles. The van der Waals surface area contributed by atoms with Crippen LogP contribution in [-0.4, -0.2) is 17.2 Å². The lowest BCUT2D eigenvalue weighted by atomic mass is 10.2. The van der Waals surface area contributed by atoms with Gasteiger partial charge in [0.05, 0.1) is 5.54 Å². The molecule has 0 spiro atoms. The van der Waals surface area contributed by atoms with Gasteiger partial charge in [-0.15, -0.1) is 0 Å². The third kappa shape index (κ3) is 1.17. The SMILES string of the molecule is CC(=O)NC1(C(C)=O)CC1. The highest BCUT2D eigenvalue weighted by Crippen LogP contribution is 2.35. The Morgan fingerprint density at radius 3 is 1.90 bits per heavy atom. The number of carbonyl (C=O) groups is 2. The molecular formula is C7H11NO2. The lowest BCUT2D eigenvalue weighted by Gasteiger charge is -2.10. The summed E-state index contributed by atoms with van der Waals surface area (Å²) < 4.78 is 0. The lowest BCUT2D eigenvalue weighted by molar-refractivity contribution is -0.126. The minimum absolute atomic E-state index is 0.0719. The zero-order valence-corrected chi connectivity index (χ0v) is 6.23. The Morgan fingerprint density at radius 1 is 1.30 bits per heavy atom. The predicted molar refractivity (Wildman–Crippen MR) is 36.5 cm³/mol. The molecule has 0 aliphatic heterocycles. The summed E-state index contributed by atoms with van der Waals surface area (Å²) in [6, 6.07) is 0. The highest BCUT2D eigenvalue weighted by atomic mass is 16.2. The average Bonchev–Trinajstić information content (AvgIpc) is 2.46. The van der Waals surface area contributed by atoms with Crippen molar-refractivity contribution in [2.24, 2.45) is 0 Å². The molecule has 0 heterocycles. The van der Waals surface area contributed by atoms with Gasteiger partial charge in [-0.05, 0) is 19.8 Å². The van der Waals surface area contributed by atoms with E-state index in [1.165, 1.54) is 13.8 Å². The summed E-state index contributed by atoms with van der Waals surface area (Å²) in [7, 11) is 0. The molecule has 1 rings (SSSR count). The van der Waals surface area contributed by atoms with Crippen LogP contribution in [0.2, 0.25) is 0 Å². The fourth-order valence-electron chi connectivity index (χ4n) is 1.03. The van der Waals surface area contributed by atoms with E-state index in [-0.39, 0.29) is 11.7 Å². The van der Waals surface area contributed by atoms with Gasteiger partial charge < -0.3 is 5.32 Å². The number of nitrogens with one attached hydrogen (secondary N) is 1. The van der Waals surface area contributed by atoms with Crippen molar-refractivity contribution in [3.63, 3.8) is 0 Å². The smallest absolute Gasteiger partial charge is 0.217 e. The van der Waals surface area contributed by atoms with E-state index in [0.717, 1.165) is 12.8 Å². The number of rotatable bonds is 2. The maximum absolute atomic E-state index is 10.8. The molecule has 0 aromatic rings. The van der Waals surface area contributed by atoms with E-state index in [9.17, 15) is 9.59 Å². The summed E-state index contributed by atoms with van der Waals surface area (Å²) in [5.41, 5.74) is -0.466. The summed E-state index contributed by atoms with van der Waals surface area (Å²) in [5, 5.41) is 2.64. The Balaban J connectivity index is 2.53. The van der Waals surface area contributed by atoms with Crippen LogP contribution in [0.15, 0.2) is 0 Å². The van der Waals surface area contributed by atoms with Gasteiger partial charge in [-0.2, -0.15) is 0 Å². The van der Waals surface area contributed by atoms with Crippen molar-refractivity contribution in [3.05, 3.63) is 0 Å². The molecule has 3 heteroatoms. The summed E-state index contributed by atoms with van der Waals surface area (Å²) >= 11 is 0. The van der Waals surface area contributed by atoms with Gasteiger partial charge in [0, 0.05) is 6.92 Å². The molecule has 0 unspecified atom stereocenters. The largest absolute Gasteiger partial charge is 0.344 e. The minimum atomic E-state index is -0.466. The Hall–Kier alpha value is -0.860. The number of Topliss-reactive ketones (excluding diaryl/α,β-unsaturated/α-hetero) is 1. The van der Waals surface area contributed by atoms with Crippen LogP contribution in [-0.2, 0) is 9.59 Å². The number of carbonyl (C=O) groups excluding carboxylic acids is 2. The van der Waals surface area contributed by atoms with E-state index in [1.54, 1.807) is 0 Å². The van der Waals surface area contributed by atoms with E-state index >= 15 is 0 Å². The second kappa shape index (κ2) is 2.08. The van der Waals surface area contributed by atoms with Crippen molar-refractivity contribution >= 4 is 11.7 Å². The Bertz CT molecular complexity index is 182. The lowest BCUT2D eigenvalue weighted by Crippen LogP contribution is -2.40. The van der Waals surface area contributed by atoms with Crippen LogP contribution in [0.4, 0.5) is 0 Å². The fourth-order valence-corrected chi connectivity index (χ4v) is 1.03. The van der Waals surface area contributed by atoms with Crippen LogP contribution in [0.3, 0.4) is 0 Å². The molecule has 10 heavy (non-hydrogen) atoms. The molecule has 1 aliphatic carbocycles. The molecule has 1 aliphatic rings. The van der Waals surface area contributed by atoms with Gasteiger partial charge in [-0.1, -0.05) is 0 Å². The molecule has 1 amide bonds. The van der Waals surface area contributed by atoms with Gasteiger partial charge >= 0.3 is 0 Å². The van der Waals surface area contributed by atoms with Crippen LogP contribution in [0.25, 0.3) is 0 Å². The third-order valence-corrected chi connectivity index (χ3v) is 1.84. The monoisotopic (exact) mass is 141 g/mol. The first-order chi connectivity index (χ1) is 4.57. The van der Waals surface area contributed by atoms with Crippen molar-refractivity contribution in [3.8, 4) is 0 Å². The van der Waals surface area contributed by atoms with Crippen LogP contribution in [0.5, 0.6) is 0 Å². The first-order valence-corrected chi connectivity index (χ1v) is 3.37. The first kappa shape index (κ1) is 7.25. The third-order valence-electron chi connectivity index (χ3n) is 1.84. The maximum Gasteiger partial charge on any atom is 0.217 e. The standard InChI is InChI=1S/C7H11NO2/c1-5(9)7(3-4-7)8-6(2)10/h3-4H2,1-2H3,(H,8,10). The molecular weight excluding hydrogens is 130 g/mol. The van der Waals surface area contributed by atoms with E-state index in [1.807, 2.05) is 0 Å². The van der Waals surface area contributed by atoms with E-state index in [4.69, 9.17) is 0 Å². The quantitative estimate of drug-likeness (QED) is 0.599. The topological polar surface area (TPSA) is 46.2 Å². The number of hydrogen-bond acceptors (Lipinski definition) is 2. The number of ketones is 1. The zero-order valence-electron chi connectivity index (χ0n) is 6.23. The van der Waals surface area contributed by atoms with Crippen molar-refractivity contribution < 1.29 is 9.59 Å². The van der Waals surface area contributed by atoms with Gasteiger partial charge in [0.15, 0.2) is 5.78 Å². The van der Waals surface area contributed by atoms with Crippen molar-refractivity contribution in [2.75, 3.05) is 0 Å². The van der Waals surface area contributed by atoms with Gasteiger partial charge in [0.25, 0.3) is 0 Å². The molecule has 0 atom stereocenters. The first-order valence-electron chi connectivity index (χ1n) is 3.37. The fraction of sp³-hybridized carbons (Fsp3) is 0.714. The van der Waals surface area contributed by atoms with E-state index < -0.39 is 5.54 Å². The van der Waals surface area contributed by atoms with Gasteiger partial charge in [0.1, 0.15) is 0 Å². The summed E-state index contributed by atoms with van der Waals surface area (Å²) in [5.74, 6) is -0.0459. The Kier molecular flexibility index (Phi) is 1.50. The molecule has 0 radical (unpaired) electrons. The minimum Gasteiger partial charge on any atom is -0.344 e. The highest BCUT2D eigenvalue weighted by Gasteiger charge is 2.47. The molecule has 1 saturated carbocycles. The number of hydrogen-bond donors (Lipinski definition) is 1. The Morgan fingerprint density at radius 2 is 1.80 bits per heavy atom. The van der Waals surface area contributed by atoms with Gasteiger partial charge in [0.2, 0.25) is 5.91 Å². The van der Waals surface area contributed by atoms with Crippen LogP contribution >= 0.6 is 0 Å². The van der Waals surface area contributed by atoms with E-state index in [2.05, 4.69) is 5.32 Å². The van der Waals surface area contributed by atoms with Crippen LogP contribution in [0, 0.1) is 0 Å². The second-order valence-corrected chi connectivity index (χ2v) is 2.82. The molecule has 1 fully saturated rings. The molecule has 0 aromatic carbocycles. The zero-order chi connectivity index (χ0) is 7.78. The second-order valence-electron chi connectivity index (χ2n) is 2.82. The van der Waals surface area contributed by atoms with Crippen molar-refractivity contribution in [1.29, 1.82) is 0 Å². The van der Waals surface area contributed by atoms with Gasteiger partial charge in [-0.3, -0.25) is 9.59 Å². The maximum atomic E-state index is 10.8. The summed E-state index contributed by atoms with van der Waals surface area (Å²) in [6.07, 6.45) is 1.61. The highest BCUT2D eigenvalue weighted by molar-refractivity contribution is 5.93. The van der Waals surface area contributed by atoms with Crippen molar-refractivity contribution in [2.45, 2.75) is 32.2 Å². The summed E-state index contributed by atoms with van der Waals surface area (Å²) in [6.45, 7) is 2.95. The molecule has 0 bridgehead atoms. The summed E-state index contributed by atoms with van der Waals surface area (Å²) in [4.78, 5) is 21.4. The molecule has 56 valence electrons. The van der Waals surface area contributed by atoms with E-state index in [0.29, 0.717) is 0 Å². The normalized spacial score (nSPS) is 19.8. The number of amides is 1. The molecule has 1 N–H and O–H groups in total. The molecule has 0 aromatic heterocycles. The molecule has 3 nitrogen and oxygen atoms in total. The van der Waals surface area contributed by atoms with Gasteiger partial charge in [-0.25, -0.2) is 0 Å². The Labute approximate surface area is 59.8 Å². The van der Waals surface area contributed by atoms with Crippen molar-refractivity contribution in [1.82, 2.24) is 5.32 Å².